The number of nitrogens with one attached hydrogen (secondary N) is 2. The first-order chi connectivity index (χ1) is 9.11. The summed E-state index contributed by atoms with van der Waals surface area (Å²) in [5.74, 6) is 3.51. The molecule has 0 unspecified atom stereocenters. The molecule has 1 aromatic rings. The van der Waals surface area contributed by atoms with E-state index in [0.717, 1.165) is 42.5 Å². The van der Waals surface area contributed by atoms with Crippen LogP contribution >= 0.6 is 0 Å². The molecule has 1 aliphatic carbocycles. The lowest BCUT2D eigenvalue weighted by Crippen LogP contribution is -2.17. The topological polar surface area (TPSA) is 53.1 Å². The summed E-state index contributed by atoms with van der Waals surface area (Å²) in [6, 6.07) is 0. The fourth-order valence-corrected chi connectivity index (χ4v) is 2.08. The molecule has 1 aromatic heterocycles. The summed E-state index contributed by atoms with van der Waals surface area (Å²) in [5.41, 5.74) is 1.11. The Hall–Kier alpha value is -1.36. The summed E-state index contributed by atoms with van der Waals surface area (Å²) in [7, 11) is 6.11. The molecule has 0 aliphatic heterocycles. The van der Waals surface area contributed by atoms with E-state index in [1.165, 1.54) is 12.8 Å². The average Bonchev–Trinajstić information content (AvgIpc) is 3.20. The minimum atomic E-state index is 0.579. The minimum Gasteiger partial charge on any atom is -0.373 e. The molecule has 5 nitrogen and oxygen atoms in total. The zero-order valence-electron chi connectivity index (χ0n) is 12.5. The third kappa shape index (κ3) is 3.80. The Morgan fingerprint density at radius 3 is 2.47 bits per heavy atom. The van der Waals surface area contributed by atoms with Crippen LogP contribution in [0.15, 0.2) is 0 Å². The third-order valence-corrected chi connectivity index (χ3v) is 3.42. The van der Waals surface area contributed by atoms with Gasteiger partial charge < -0.3 is 15.5 Å². The second-order valence-electron chi connectivity index (χ2n) is 5.51. The van der Waals surface area contributed by atoms with Gasteiger partial charge in [0, 0.05) is 25.1 Å². The molecule has 0 radical (unpaired) electrons. The SMILES string of the molecule is CNc1nc(C2CC2)nc(NCCCN(C)C)c1C. The molecule has 106 valence electrons. The van der Waals surface area contributed by atoms with Gasteiger partial charge in [-0.3, -0.25) is 0 Å². The Morgan fingerprint density at radius 2 is 1.89 bits per heavy atom. The van der Waals surface area contributed by atoms with E-state index in [1.807, 2.05) is 7.05 Å². The monoisotopic (exact) mass is 263 g/mol. The second-order valence-corrected chi connectivity index (χ2v) is 5.51. The van der Waals surface area contributed by atoms with E-state index in [9.17, 15) is 0 Å². The van der Waals surface area contributed by atoms with Crippen molar-refractivity contribution in [2.45, 2.75) is 32.1 Å². The zero-order valence-corrected chi connectivity index (χ0v) is 12.5. The van der Waals surface area contributed by atoms with Gasteiger partial charge in [-0.05, 0) is 46.8 Å². The standard InChI is InChI=1S/C14H25N5/c1-10-12(15-2)17-14(11-6-7-11)18-13(10)16-8-5-9-19(3)4/h11H,5-9H2,1-4H3,(H2,15,16,17,18). The summed E-state index contributed by atoms with van der Waals surface area (Å²) in [6.07, 6.45) is 3.57. The molecule has 0 atom stereocenters. The van der Waals surface area contributed by atoms with Crippen molar-refractivity contribution in [1.82, 2.24) is 14.9 Å². The highest BCUT2D eigenvalue weighted by atomic mass is 15.1. The Kier molecular flexibility index (Phi) is 4.58. The maximum absolute atomic E-state index is 4.68. The zero-order chi connectivity index (χ0) is 13.8. The van der Waals surface area contributed by atoms with E-state index in [0.29, 0.717) is 5.92 Å². The van der Waals surface area contributed by atoms with Gasteiger partial charge in [0.1, 0.15) is 17.5 Å². The molecule has 0 saturated heterocycles. The van der Waals surface area contributed by atoms with E-state index >= 15 is 0 Å². The van der Waals surface area contributed by atoms with E-state index in [2.05, 4.69) is 46.5 Å². The molecule has 19 heavy (non-hydrogen) atoms. The van der Waals surface area contributed by atoms with Gasteiger partial charge in [0.05, 0.1) is 0 Å². The van der Waals surface area contributed by atoms with E-state index in [-0.39, 0.29) is 0 Å². The van der Waals surface area contributed by atoms with Crippen LogP contribution in [0.3, 0.4) is 0 Å². The number of rotatable bonds is 7. The first-order valence-corrected chi connectivity index (χ1v) is 7.06. The van der Waals surface area contributed by atoms with E-state index in [4.69, 9.17) is 0 Å². The van der Waals surface area contributed by atoms with Crippen LogP contribution in [0.4, 0.5) is 11.6 Å². The van der Waals surface area contributed by atoms with Crippen molar-refractivity contribution >= 4 is 11.6 Å². The maximum Gasteiger partial charge on any atom is 0.136 e. The Labute approximate surface area is 115 Å². The highest BCUT2D eigenvalue weighted by molar-refractivity contribution is 5.57. The van der Waals surface area contributed by atoms with Gasteiger partial charge in [-0.1, -0.05) is 0 Å². The smallest absolute Gasteiger partial charge is 0.136 e. The average molecular weight is 263 g/mol. The van der Waals surface area contributed by atoms with Crippen molar-refractivity contribution in [3.8, 4) is 0 Å². The van der Waals surface area contributed by atoms with Crippen molar-refractivity contribution in [1.29, 1.82) is 0 Å². The summed E-state index contributed by atoms with van der Waals surface area (Å²) in [4.78, 5) is 11.5. The van der Waals surface area contributed by atoms with Crippen molar-refractivity contribution in [2.75, 3.05) is 44.9 Å². The number of hydrogen-bond acceptors (Lipinski definition) is 5. The van der Waals surface area contributed by atoms with Gasteiger partial charge in [0.2, 0.25) is 0 Å². The van der Waals surface area contributed by atoms with Gasteiger partial charge in [0.25, 0.3) is 0 Å². The molecule has 2 N–H and O–H groups in total. The van der Waals surface area contributed by atoms with Gasteiger partial charge in [-0.25, -0.2) is 9.97 Å². The molecule has 1 heterocycles. The summed E-state index contributed by atoms with van der Waals surface area (Å²) < 4.78 is 0. The Balaban J connectivity index is 2.03. The van der Waals surface area contributed by atoms with Crippen molar-refractivity contribution in [3.05, 3.63) is 11.4 Å². The molecule has 2 rings (SSSR count). The molecule has 0 bridgehead atoms. The fraction of sp³-hybridized carbons (Fsp3) is 0.714. The molecule has 1 saturated carbocycles. The third-order valence-electron chi connectivity index (χ3n) is 3.42. The maximum atomic E-state index is 4.68. The highest BCUT2D eigenvalue weighted by Crippen LogP contribution is 2.39. The number of hydrogen-bond donors (Lipinski definition) is 2. The van der Waals surface area contributed by atoms with Crippen LogP contribution in [0.2, 0.25) is 0 Å². The van der Waals surface area contributed by atoms with Crippen LogP contribution in [-0.2, 0) is 0 Å². The molecule has 5 heteroatoms. The predicted octanol–water partition coefficient (Wildman–Crippen LogP) is 2.07. The normalized spacial score (nSPS) is 14.8. The van der Waals surface area contributed by atoms with E-state index in [1.54, 1.807) is 0 Å². The van der Waals surface area contributed by atoms with Crippen LogP contribution in [0.1, 0.15) is 36.6 Å². The minimum absolute atomic E-state index is 0.579. The first-order valence-electron chi connectivity index (χ1n) is 7.06. The predicted molar refractivity (Wildman–Crippen MR) is 80.0 cm³/mol. The molecule has 0 aromatic carbocycles. The van der Waals surface area contributed by atoms with Crippen LogP contribution in [0.25, 0.3) is 0 Å². The molecule has 1 fully saturated rings. The summed E-state index contributed by atoms with van der Waals surface area (Å²) in [5, 5.41) is 6.62. The molecular formula is C14H25N5. The molecule has 1 aliphatic rings. The molecule has 0 amide bonds. The molecule has 0 spiro atoms. The number of aromatic nitrogens is 2. The second kappa shape index (κ2) is 6.19. The van der Waals surface area contributed by atoms with Crippen LogP contribution in [-0.4, -0.2) is 49.1 Å². The van der Waals surface area contributed by atoms with Gasteiger partial charge in [-0.2, -0.15) is 0 Å². The first kappa shape index (κ1) is 14.1. The van der Waals surface area contributed by atoms with Crippen LogP contribution in [0.5, 0.6) is 0 Å². The lowest BCUT2D eigenvalue weighted by atomic mass is 10.2. The van der Waals surface area contributed by atoms with E-state index < -0.39 is 0 Å². The summed E-state index contributed by atoms with van der Waals surface area (Å²) >= 11 is 0. The van der Waals surface area contributed by atoms with Gasteiger partial charge >= 0.3 is 0 Å². The van der Waals surface area contributed by atoms with Gasteiger partial charge in [0.15, 0.2) is 0 Å². The van der Waals surface area contributed by atoms with Crippen molar-refractivity contribution in [2.24, 2.45) is 0 Å². The van der Waals surface area contributed by atoms with Crippen molar-refractivity contribution < 1.29 is 0 Å². The quantitative estimate of drug-likeness (QED) is 0.738. The highest BCUT2D eigenvalue weighted by Gasteiger charge is 2.28. The Bertz CT molecular complexity index is 426. The lowest BCUT2D eigenvalue weighted by Gasteiger charge is -2.14. The van der Waals surface area contributed by atoms with Gasteiger partial charge in [-0.15, -0.1) is 0 Å². The van der Waals surface area contributed by atoms with Crippen molar-refractivity contribution in [3.63, 3.8) is 0 Å². The fourth-order valence-electron chi connectivity index (χ4n) is 2.08. The van der Waals surface area contributed by atoms with Crippen LogP contribution < -0.4 is 10.6 Å². The van der Waals surface area contributed by atoms with Crippen LogP contribution in [0, 0.1) is 6.92 Å². The molecular weight excluding hydrogens is 238 g/mol. The Morgan fingerprint density at radius 1 is 1.21 bits per heavy atom. The largest absolute Gasteiger partial charge is 0.373 e. The number of nitrogens with zero attached hydrogens (tertiary/aromatic N) is 3. The lowest BCUT2D eigenvalue weighted by molar-refractivity contribution is 0.405. The summed E-state index contributed by atoms with van der Waals surface area (Å²) in [6.45, 7) is 4.10. The number of anilines is 2.